The van der Waals surface area contributed by atoms with E-state index in [4.69, 9.17) is 21.1 Å². The van der Waals surface area contributed by atoms with E-state index in [2.05, 4.69) is 13.8 Å². The topological polar surface area (TPSA) is 77.8 Å². The Kier molecular flexibility index (Phi) is 4.95. The van der Waals surface area contributed by atoms with Gasteiger partial charge < -0.3 is 19.1 Å². The van der Waals surface area contributed by atoms with Crippen LogP contribution in [-0.4, -0.2) is 36.0 Å². The second-order valence-electron chi connectivity index (χ2n) is 8.46. The van der Waals surface area contributed by atoms with Crippen molar-refractivity contribution in [2.45, 2.75) is 38.6 Å². The maximum atomic E-state index is 12.4. The van der Waals surface area contributed by atoms with Gasteiger partial charge in [0.05, 0.1) is 17.3 Å². The summed E-state index contributed by atoms with van der Waals surface area (Å²) in [7, 11) is 1.65. The van der Waals surface area contributed by atoms with Gasteiger partial charge in [-0.15, -0.1) is 0 Å². The van der Waals surface area contributed by atoms with Crippen molar-refractivity contribution in [3.8, 4) is 17.0 Å². The van der Waals surface area contributed by atoms with E-state index >= 15 is 0 Å². The Labute approximate surface area is 174 Å². The van der Waals surface area contributed by atoms with Gasteiger partial charge in [0.15, 0.2) is 5.43 Å². The smallest absolute Gasteiger partial charge is 0.341 e. The monoisotopic (exact) mass is 417 g/mol. The molecule has 1 N–H and O–H groups in total. The number of fused-ring (bicyclic) bond motifs is 6. The van der Waals surface area contributed by atoms with Gasteiger partial charge in [0.25, 0.3) is 0 Å². The van der Waals surface area contributed by atoms with Crippen LogP contribution in [0.1, 0.15) is 54.6 Å². The molecular weight excluding hydrogens is 394 g/mol. The van der Waals surface area contributed by atoms with Crippen molar-refractivity contribution in [2.24, 2.45) is 5.41 Å². The Bertz CT molecular complexity index is 1040. The number of methoxy groups -OCH3 is 1. The van der Waals surface area contributed by atoms with Crippen molar-refractivity contribution in [3.63, 3.8) is 0 Å². The summed E-state index contributed by atoms with van der Waals surface area (Å²) in [6.45, 7) is 5.45. The third kappa shape index (κ3) is 3.24. The molecule has 0 amide bonds. The van der Waals surface area contributed by atoms with Gasteiger partial charge >= 0.3 is 5.97 Å². The maximum absolute atomic E-state index is 12.4. The van der Waals surface area contributed by atoms with Gasteiger partial charge in [0.1, 0.15) is 11.3 Å². The predicted octanol–water partition coefficient (Wildman–Crippen LogP) is 4.35. The van der Waals surface area contributed by atoms with Crippen LogP contribution in [0, 0.1) is 5.41 Å². The number of ether oxygens (including phenoxy) is 2. The lowest BCUT2D eigenvalue weighted by Gasteiger charge is -2.56. The van der Waals surface area contributed by atoms with Gasteiger partial charge in [-0.3, -0.25) is 4.79 Å². The predicted molar refractivity (Wildman–Crippen MR) is 110 cm³/mol. The zero-order chi connectivity index (χ0) is 20.9. The number of hydrogen-bond acceptors (Lipinski definition) is 4. The molecule has 1 aliphatic heterocycles. The quantitative estimate of drug-likeness (QED) is 0.707. The molecule has 1 saturated carbocycles. The van der Waals surface area contributed by atoms with Crippen molar-refractivity contribution in [2.75, 3.05) is 20.3 Å². The highest BCUT2D eigenvalue weighted by Crippen LogP contribution is 2.63. The number of aromatic nitrogens is 1. The molecule has 154 valence electrons. The van der Waals surface area contributed by atoms with Gasteiger partial charge in [-0.2, -0.15) is 0 Å². The standard InChI is InChI=1S/C22H24ClNO5/c1-22(2)10-14-12-8-19(29-6-4-5-28-3)16(23)7-13(12)17-9-18(25)15(21(26)27)11-24(17)20(14)22/h7-9,11,14,20H,4-6,10H2,1-3H3,(H,26,27)/t14-,20+/m1/s1. The summed E-state index contributed by atoms with van der Waals surface area (Å²) in [5.41, 5.74) is 1.95. The highest BCUT2D eigenvalue weighted by molar-refractivity contribution is 6.32. The fourth-order valence-corrected chi connectivity index (χ4v) is 5.00. The average molecular weight is 418 g/mol. The zero-order valence-electron chi connectivity index (χ0n) is 16.7. The van der Waals surface area contributed by atoms with Crippen LogP contribution in [0.3, 0.4) is 0 Å². The van der Waals surface area contributed by atoms with Crippen molar-refractivity contribution >= 4 is 17.6 Å². The number of hydrogen-bond donors (Lipinski definition) is 1. The van der Waals surface area contributed by atoms with Crippen molar-refractivity contribution in [3.05, 3.63) is 50.8 Å². The Morgan fingerprint density at radius 3 is 2.72 bits per heavy atom. The molecule has 2 atom stereocenters. The molecule has 29 heavy (non-hydrogen) atoms. The lowest BCUT2D eigenvalue weighted by molar-refractivity contribution is 0.0442. The normalized spacial score (nSPS) is 20.8. The molecule has 2 aromatic rings. The number of benzene rings is 1. The third-order valence-electron chi connectivity index (χ3n) is 6.07. The molecule has 0 spiro atoms. The molecule has 1 fully saturated rings. The van der Waals surface area contributed by atoms with Crippen LogP contribution in [0.2, 0.25) is 5.02 Å². The number of halogens is 1. The Morgan fingerprint density at radius 1 is 1.31 bits per heavy atom. The second-order valence-corrected chi connectivity index (χ2v) is 8.86. The first kappa shape index (κ1) is 20.0. The van der Waals surface area contributed by atoms with Crippen LogP contribution in [0.4, 0.5) is 0 Å². The Hall–Kier alpha value is -2.31. The third-order valence-corrected chi connectivity index (χ3v) is 6.36. The first-order valence-electron chi connectivity index (χ1n) is 9.69. The molecule has 1 aliphatic carbocycles. The summed E-state index contributed by atoms with van der Waals surface area (Å²) in [5.74, 6) is -0.360. The summed E-state index contributed by atoms with van der Waals surface area (Å²) in [6.07, 6.45) is 3.22. The highest BCUT2D eigenvalue weighted by atomic mass is 35.5. The number of aromatic carboxylic acids is 1. The number of carboxylic acid groups (broad SMARTS) is 1. The Balaban J connectivity index is 1.82. The lowest BCUT2D eigenvalue weighted by atomic mass is 9.55. The van der Waals surface area contributed by atoms with E-state index in [9.17, 15) is 14.7 Å². The molecule has 0 bridgehead atoms. The lowest BCUT2D eigenvalue weighted by Crippen LogP contribution is -2.46. The molecule has 7 heteroatoms. The van der Waals surface area contributed by atoms with Crippen LogP contribution < -0.4 is 10.2 Å². The molecule has 1 aromatic carbocycles. The number of rotatable bonds is 6. The van der Waals surface area contributed by atoms with E-state index in [0.717, 1.165) is 24.0 Å². The van der Waals surface area contributed by atoms with Crippen LogP contribution in [0.25, 0.3) is 11.3 Å². The number of pyridine rings is 1. The van der Waals surface area contributed by atoms with Gasteiger partial charge in [-0.25, -0.2) is 4.79 Å². The van der Waals surface area contributed by atoms with E-state index in [1.165, 1.54) is 12.3 Å². The fourth-order valence-electron chi connectivity index (χ4n) is 4.78. The summed E-state index contributed by atoms with van der Waals surface area (Å²) < 4.78 is 12.9. The van der Waals surface area contributed by atoms with Gasteiger partial charge in [0, 0.05) is 49.9 Å². The SMILES string of the molecule is COCCCOc1cc2c(cc1Cl)-c1cc(=O)c(C(=O)O)cn1[C@H]1[C@@H]2CC1(C)C. The molecule has 0 saturated heterocycles. The van der Waals surface area contributed by atoms with E-state index in [0.29, 0.717) is 29.7 Å². The van der Waals surface area contributed by atoms with Crippen molar-refractivity contribution < 1.29 is 19.4 Å². The second kappa shape index (κ2) is 7.18. The van der Waals surface area contributed by atoms with Crippen molar-refractivity contribution in [1.82, 2.24) is 4.57 Å². The fraction of sp³-hybridized carbons (Fsp3) is 0.455. The van der Waals surface area contributed by atoms with Crippen LogP contribution in [0.15, 0.2) is 29.2 Å². The number of carboxylic acids is 1. The highest BCUT2D eigenvalue weighted by Gasteiger charge is 2.52. The maximum Gasteiger partial charge on any atom is 0.341 e. The minimum atomic E-state index is -1.21. The summed E-state index contributed by atoms with van der Waals surface area (Å²) in [4.78, 5) is 23.9. The molecule has 0 unspecified atom stereocenters. The zero-order valence-corrected chi connectivity index (χ0v) is 17.5. The first-order valence-corrected chi connectivity index (χ1v) is 10.1. The number of carbonyl (C=O) groups is 1. The molecule has 2 heterocycles. The first-order chi connectivity index (χ1) is 13.7. The molecule has 2 aliphatic rings. The van der Waals surface area contributed by atoms with Gasteiger partial charge in [0.2, 0.25) is 0 Å². The number of nitrogens with zero attached hydrogens (tertiary/aromatic N) is 1. The average Bonchev–Trinajstić information content (AvgIpc) is 2.64. The van der Waals surface area contributed by atoms with E-state index in [1.807, 2.05) is 16.7 Å². The Morgan fingerprint density at radius 2 is 2.07 bits per heavy atom. The largest absolute Gasteiger partial charge is 0.492 e. The minimum absolute atomic E-state index is 0.0128. The molecule has 1 aromatic heterocycles. The summed E-state index contributed by atoms with van der Waals surface area (Å²) >= 11 is 6.48. The molecule has 4 rings (SSSR count). The van der Waals surface area contributed by atoms with Gasteiger partial charge in [-0.05, 0) is 29.5 Å². The minimum Gasteiger partial charge on any atom is -0.492 e. The van der Waals surface area contributed by atoms with E-state index < -0.39 is 11.4 Å². The summed E-state index contributed by atoms with van der Waals surface area (Å²) in [5, 5.41) is 9.88. The summed E-state index contributed by atoms with van der Waals surface area (Å²) in [6, 6.07) is 5.31. The van der Waals surface area contributed by atoms with Crippen molar-refractivity contribution in [1.29, 1.82) is 0 Å². The molecule has 6 nitrogen and oxygen atoms in total. The molecular formula is C22H24ClNO5. The van der Waals surface area contributed by atoms with Crippen LogP contribution in [-0.2, 0) is 4.74 Å². The van der Waals surface area contributed by atoms with E-state index in [-0.39, 0.29) is 22.9 Å². The van der Waals surface area contributed by atoms with Crippen LogP contribution >= 0.6 is 11.6 Å². The van der Waals surface area contributed by atoms with Gasteiger partial charge in [-0.1, -0.05) is 25.4 Å². The molecule has 0 radical (unpaired) electrons. The van der Waals surface area contributed by atoms with Crippen LogP contribution in [0.5, 0.6) is 5.75 Å². The van der Waals surface area contributed by atoms with E-state index in [1.54, 1.807) is 7.11 Å².